The van der Waals surface area contributed by atoms with Crippen LogP contribution in [0, 0.1) is 18.8 Å². The summed E-state index contributed by atoms with van der Waals surface area (Å²) in [5.74, 6) is 1.74. The van der Waals surface area contributed by atoms with E-state index < -0.39 is 0 Å². The number of aromatic nitrogens is 2. The molecule has 0 aliphatic heterocycles. The Morgan fingerprint density at radius 3 is 2.89 bits per heavy atom. The molecule has 0 saturated heterocycles. The maximum Gasteiger partial charge on any atom is 0.226 e. The van der Waals surface area contributed by atoms with Crippen molar-refractivity contribution in [3.05, 3.63) is 17.5 Å². The van der Waals surface area contributed by atoms with Gasteiger partial charge in [0.15, 0.2) is 0 Å². The lowest BCUT2D eigenvalue weighted by Gasteiger charge is -2.21. The minimum atomic E-state index is 0.120. The van der Waals surface area contributed by atoms with Crippen LogP contribution in [0.1, 0.15) is 49.9 Å². The van der Waals surface area contributed by atoms with Gasteiger partial charge in [-0.2, -0.15) is 5.10 Å². The van der Waals surface area contributed by atoms with Crippen molar-refractivity contribution in [1.29, 1.82) is 0 Å². The van der Waals surface area contributed by atoms with Crippen molar-refractivity contribution in [2.75, 3.05) is 0 Å². The number of nitrogens with one attached hydrogen (secondary N) is 2. The number of aryl methyl sites for hydroxylation is 1. The van der Waals surface area contributed by atoms with E-state index in [0.29, 0.717) is 12.5 Å². The molecule has 19 heavy (non-hydrogen) atoms. The maximum absolute atomic E-state index is 11.9. The molecular formula is C15H23N3O. The van der Waals surface area contributed by atoms with Gasteiger partial charge in [-0.25, -0.2) is 0 Å². The summed E-state index contributed by atoms with van der Waals surface area (Å²) in [5, 5.41) is 10.1. The van der Waals surface area contributed by atoms with Crippen molar-refractivity contribution >= 4 is 5.91 Å². The highest BCUT2D eigenvalue weighted by Gasteiger charge is 2.43. The highest BCUT2D eigenvalue weighted by atomic mass is 16.1. The Morgan fingerprint density at radius 2 is 2.21 bits per heavy atom. The molecule has 2 atom stereocenters. The largest absolute Gasteiger partial charge is 0.353 e. The highest BCUT2D eigenvalue weighted by Crippen LogP contribution is 2.44. The van der Waals surface area contributed by atoms with Crippen LogP contribution in [-0.4, -0.2) is 22.1 Å². The second-order valence-corrected chi connectivity index (χ2v) is 6.19. The van der Waals surface area contributed by atoms with Gasteiger partial charge in [0.25, 0.3) is 0 Å². The van der Waals surface area contributed by atoms with E-state index in [1.807, 2.05) is 13.0 Å². The molecule has 0 aromatic carbocycles. The molecule has 4 heteroatoms. The van der Waals surface area contributed by atoms with Gasteiger partial charge in [0.2, 0.25) is 5.91 Å². The van der Waals surface area contributed by atoms with Gasteiger partial charge in [-0.05, 0) is 31.2 Å². The van der Waals surface area contributed by atoms with E-state index in [-0.39, 0.29) is 5.91 Å². The van der Waals surface area contributed by atoms with E-state index in [9.17, 15) is 4.79 Å². The molecular weight excluding hydrogens is 238 g/mol. The number of H-pyrrole nitrogens is 1. The first-order valence-electron chi connectivity index (χ1n) is 7.52. The minimum absolute atomic E-state index is 0.120. The van der Waals surface area contributed by atoms with Crippen molar-refractivity contribution in [3.63, 3.8) is 0 Å². The third-order valence-electron chi connectivity index (χ3n) is 4.54. The number of carbonyl (C=O) groups is 1. The van der Waals surface area contributed by atoms with Gasteiger partial charge >= 0.3 is 0 Å². The summed E-state index contributed by atoms with van der Waals surface area (Å²) in [5.41, 5.74) is 1.85. The molecule has 2 unspecified atom stereocenters. The van der Waals surface area contributed by atoms with Gasteiger partial charge in [0.1, 0.15) is 0 Å². The zero-order valence-corrected chi connectivity index (χ0v) is 11.6. The first kappa shape index (κ1) is 12.7. The average molecular weight is 261 g/mol. The number of nitrogens with zero attached hydrogens (tertiary/aromatic N) is 1. The highest BCUT2D eigenvalue weighted by molar-refractivity contribution is 5.78. The summed E-state index contributed by atoms with van der Waals surface area (Å²) in [6, 6.07) is 2.38. The molecule has 2 fully saturated rings. The van der Waals surface area contributed by atoms with E-state index >= 15 is 0 Å². The van der Waals surface area contributed by atoms with E-state index in [1.54, 1.807) is 0 Å². The van der Waals surface area contributed by atoms with Gasteiger partial charge in [-0.15, -0.1) is 0 Å². The van der Waals surface area contributed by atoms with Crippen LogP contribution in [0.25, 0.3) is 0 Å². The van der Waals surface area contributed by atoms with Gasteiger partial charge in [0, 0.05) is 11.7 Å². The van der Waals surface area contributed by atoms with Crippen LogP contribution in [0.5, 0.6) is 0 Å². The molecule has 2 N–H and O–H groups in total. The van der Waals surface area contributed by atoms with Crippen LogP contribution in [0.15, 0.2) is 6.07 Å². The smallest absolute Gasteiger partial charge is 0.226 e. The van der Waals surface area contributed by atoms with Crippen molar-refractivity contribution in [1.82, 2.24) is 15.5 Å². The molecule has 2 aliphatic rings. The molecule has 2 aliphatic carbocycles. The molecule has 104 valence electrons. The van der Waals surface area contributed by atoms with E-state index in [0.717, 1.165) is 23.2 Å². The summed E-state index contributed by atoms with van der Waals surface area (Å²) >= 11 is 0. The second-order valence-electron chi connectivity index (χ2n) is 6.19. The zero-order chi connectivity index (χ0) is 13.2. The Kier molecular flexibility index (Phi) is 3.58. The fourth-order valence-electron chi connectivity index (χ4n) is 3.45. The Balaban J connectivity index is 1.44. The van der Waals surface area contributed by atoms with Crippen LogP contribution in [0.3, 0.4) is 0 Å². The molecule has 1 aromatic heterocycles. The normalized spacial score (nSPS) is 27.2. The predicted octanol–water partition coefficient (Wildman–Crippen LogP) is 2.35. The molecule has 2 saturated carbocycles. The standard InChI is InChI=1S/C15H23N3O/c1-10-7-12(18-17-10)8-15(19)16-14-9-13(14)11-5-3-2-4-6-11/h7,11,13-14H,2-6,8-9H2,1H3,(H,16,19)(H,17,18). The molecule has 1 amide bonds. The van der Waals surface area contributed by atoms with E-state index in [2.05, 4.69) is 15.5 Å². The van der Waals surface area contributed by atoms with Crippen LogP contribution in [0.2, 0.25) is 0 Å². The van der Waals surface area contributed by atoms with Crippen LogP contribution >= 0.6 is 0 Å². The first-order chi connectivity index (χ1) is 9.22. The Bertz CT molecular complexity index is 448. The van der Waals surface area contributed by atoms with Crippen molar-refractivity contribution < 1.29 is 4.79 Å². The van der Waals surface area contributed by atoms with Crippen LogP contribution < -0.4 is 5.32 Å². The lowest BCUT2D eigenvalue weighted by Crippen LogP contribution is -2.29. The summed E-state index contributed by atoms with van der Waals surface area (Å²) < 4.78 is 0. The monoisotopic (exact) mass is 261 g/mol. The SMILES string of the molecule is Cc1cc(CC(=O)NC2CC2C2CCCCC2)n[nH]1. The summed E-state index contributed by atoms with van der Waals surface area (Å²) in [6.07, 6.45) is 8.50. The zero-order valence-electron chi connectivity index (χ0n) is 11.6. The average Bonchev–Trinajstić information content (AvgIpc) is 3.05. The lowest BCUT2D eigenvalue weighted by atomic mass is 9.85. The lowest BCUT2D eigenvalue weighted by molar-refractivity contribution is -0.120. The van der Waals surface area contributed by atoms with Gasteiger partial charge in [-0.3, -0.25) is 9.89 Å². The quantitative estimate of drug-likeness (QED) is 0.874. The fraction of sp³-hybridized carbons (Fsp3) is 0.733. The third kappa shape index (κ3) is 3.17. The van der Waals surface area contributed by atoms with Gasteiger partial charge in [0.05, 0.1) is 12.1 Å². The molecule has 0 spiro atoms. The van der Waals surface area contributed by atoms with Crippen molar-refractivity contribution in [2.24, 2.45) is 11.8 Å². The summed E-state index contributed by atoms with van der Waals surface area (Å²) in [7, 11) is 0. The molecule has 0 radical (unpaired) electrons. The number of hydrogen-bond donors (Lipinski definition) is 2. The number of aromatic amines is 1. The number of amides is 1. The molecule has 0 bridgehead atoms. The Hall–Kier alpha value is -1.32. The summed E-state index contributed by atoms with van der Waals surface area (Å²) in [4.78, 5) is 11.9. The predicted molar refractivity (Wildman–Crippen MR) is 73.6 cm³/mol. The molecule has 1 aromatic rings. The third-order valence-corrected chi connectivity index (χ3v) is 4.54. The molecule has 1 heterocycles. The number of rotatable bonds is 4. The van der Waals surface area contributed by atoms with E-state index in [1.165, 1.54) is 38.5 Å². The first-order valence-corrected chi connectivity index (χ1v) is 7.52. The van der Waals surface area contributed by atoms with Gasteiger partial charge < -0.3 is 5.32 Å². The van der Waals surface area contributed by atoms with Gasteiger partial charge in [-0.1, -0.05) is 32.1 Å². The molecule has 4 nitrogen and oxygen atoms in total. The van der Waals surface area contributed by atoms with Crippen LogP contribution in [0.4, 0.5) is 0 Å². The Labute approximate surface area is 114 Å². The maximum atomic E-state index is 11.9. The van der Waals surface area contributed by atoms with Crippen molar-refractivity contribution in [3.8, 4) is 0 Å². The summed E-state index contributed by atoms with van der Waals surface area (Å²) in [6.45, 7) is 1.95. The Morgan fingerprint density at radius 1 is 1.42 bits per heavy atom. The topological polar surface area (TPSA) is 57.8 Å². The number of hydrogen-bond acceptors (Lipinski definition) is 2. The fourth-order valence-corrected chi connectivity index (χ4v) is 3.45. The number of carbonyl (C=O) groups excluding carboxylic acids is 1. The second kappa shape index (κ2) is 5.35. The van der Waals surface area contributed by atoms with Crippen LogP contribution in [-0.2, 0) is 11.2 Å². The van der Waals surface area contributed by atoms with E-state index in [4.69, 9.17) is 0 Å². The van der Waals surface area contributed by atoms with Crippen molar-refractivity contribution in [2.45, 2.75) is 57.9 Å². The minimum Gasteiger partial charge on any atom is -0.353 e. The molecule has 3 rings (SSSR count).